The second-order valence-electron chi connectivity index (χ2n) is 12.1. The van der Waals surface area contributed by atoms with Crippen molar-refractivity contribution in [2.75, 3.05) is 11.5 Å². The Morgan fingerprint density at radius 3 is 2.23 bits per heavy atom. The summed E-state index contributed by atoms with van der Waals surface area (Å²) in [6, 6.07) is 26.5. The van der Waals surface area contributed by atoms with Gasteiger partial charge in [-0.1, -0.05) is 59.6 Å². The number of carbonyl (C=O) groups excluding carboxylic acids is 5. The SMILES string of the molecule is O=C(COC(=O)c1cccc(N2C(=O)[C@@H]3[C@@H]4C[C@@H]([C@H]3C2=O)[C@@H](c2ccccc2)C4)c1)c1ccc(OC(=O)c2ccc(Cl)cc2Cl)cc1. The van der Waals surface area contributed by atoms with Crippen molar-refractivity contribution in [1.29, 1.82) is 0 Å². The number of hydrogen-bond acceptors (Lipinski definition) is 7. The highest BCUT2D eigenvalue weighted by Gasteiger charge is 2.64. The highest BCUT2D eigenvalue weighted by Crippen LogP contribution is 2.61. The summed E-state index contributed by atoms with van der Waals surface area (Å²) in [6.07, 6.45) is 1.75. The lowest BCUT2D eigenvalue weighted by atomic mass is 9.73. The molecule has 0 unspecified atom stereocenters. The Balaban J connectivity index is 0.977. The van der Waals surface area contributed by atoms with Gasteiger partial charge in [0.05, 0.1) is 33.7 Å². The van der Waals surface area contributed by atoms with E-state index in [0.29, 0.717) is 10.7 Å². The van der Waals surface area contributed by atoms with Gasteiger partial charge in [0.25, 0.3) is 0 Å². The summed E-state index contributed by atoms with van der Waals surface area (Å²) in [6.45, 7) is -0.543. The highest BCUT2D eigenvalue weighted by atomic mass is 35.5. The molecular formula is C37H27Cl2NO7. The molecule has 8 nitrogen and oxygen atoms in total. The van der Waals surface area contributed by atoms with Crippen LogP contribution in [0.5, 0.6) is 5.75 Å². The van der Waals surface area contributed by atoms with Gasteiger partial charge in [-0.15, -0.1) is 0 Å². The minimum Gasteiger partial charge on any atom is -0.454 e. The number of halogens is 2. The molecule has 47 heavy (non-hydrogen) atoms. The van der Waals surface area contributed by atoms with Crippen molar-refractivity contribution in [1.82, 2.24) is 0 Å². The van der Waals surface area contributed by atoms with Gasteiger partial charge in [0.2, 0.25) is 11.8 Å². The number of carbonyl (C=O) groups is 5. The molecule has 2 bridgehead atoms. The molecule has 0 N–H and O–H groups in total. The van der Waals surface area contributed by atoms with Crippen molar-refractivity contribution in [3.8, 4) is 5.75 Å². The Bertz CT molecular complexity index is 1930. The van der Waals surface area contributed by atoms with Gasteiger partial charge in [-0.05, 0) is 96.8 Å². The van der Waals surface area contributed by atoms with Crippen molar-refractivity contribution in [3.63, 3.8) is 0 Å². The minimum absolute atomic E-state index is 0.108. The lowest BCUT2D eigenvalue weighted by Gasteiger charge is -2.28. The largest absolute Gasteiger partial charge is 0.454 e. The second kappa shape index (κ2) is 12.4. The van der Waals surface area contributed by atoms with E-state index >= 15 is 0 Å². The molecule has 0 spiro atoms. The van der Waals surface area contributed by atoms with Crippen LogP contribution in [0.1, 0.15) is 55.4 Å². The molecular weight excluding hydrogens is 641 g/mol. The minimum atomic E-state index is -0.769. The van der Waals surface area contributed by atoms with E-state index in [2.05, 4.69) is 12.1 Å². The van der Waals surface area contributed by atoms with Gasteiger partial charge < -0.3 is 9.47 Å². The van der Waals surface area contributed by atoms with Gasteiger partial charge in [-0.2, -0.15) is 0 Å². The first kappa shape index (κ1) is 30.8. The number of amides is 2. The number of nitrogens with zero attached hydrogens (tertiary/aromatic N) is 1. The Hall–Kier alpha value is -4.79. The van der Waals surface area contributed by atoms with E-state index in [0.717, 1.165) is 12.8 Å². The first-order valence-corrected chi connectivity index (χ1v) is 16.0. The topological polar surface area (TPSA) is 107 Å². The van der Waals surface area contributed by atoms with Gasteiger partial charge in [-0.3, -0.25) is 19.3 Å². The summed E-state index contributed by atoms with van der Waals surface area (Å²) < 4.78 is 10.6. The van der Waals surface area contributed by atoms with Crippen LogP contribution in [-0.4, -0.2) is 36.1 Å². The summed E-state index contributed by atoms with van der Waals surface area (Å²) in [5.41, 5.74) is 2.00. The van der Waals surface area contributed by atoms with Crippen LogP contribution in [0.3, 0.4) is 0 Å². The Kier molecular flexibility index (Phi) is 8.16. The summed E-state index contributed by atoms with van der Waals surface area (Å²) in [5.74, 6) is -2.40. The van der Waals surface area contributed by atoms with E-state index in [1.165, 1.54) is 65.1 Å². The van der Waals surface area contributed by atoms with Crippen molar-refractivity contribution < 1.29 is 33.4 Å². The third-order valence-electron chi connectivity index (χ3n) is 9.46. The number of imide groups is 1. The van der Waals surface area contributed by atoms with Gasteiger partial charge in [0.15, 0.2) is 12.4 Å². The molecule has 1 aliphatic heterocycles. The fraction of sp³-hybridized carbons (Fsp3) is 0.216. The molecule has 2 aliphatic carbocycles. The number of hydrogen-bond donors (Lipinski definition) is 0. The predicted molar refractivity (Wildman–Crippen MR) is 174 cm³/mol. The number of Topliss-reactive ketones (excluding diaryl/α,β-unsaturated/α-hetero) is 1. The van der Waals surface area contributed by atoms with Crippen LogP contribution in [-0.2, 0) is 14.3 Å². The zero-order valence-electron chi connectivity index (χ0n) is 24.8. The van der Waals surface area contributed by atoms with Crippen LogP contribution >= 0.6 is 23.2 Å². The quantitative estimate of drug-likeness (QED) is 0.0848. The predicted octanol–water partition coefficient (Wildman–Crippen LogP) is 7.18. The maximum atomic E-state index is 13.7. The van der Waals surface area contributed by atoms with Crippen molar-refractivity contribution in [3.05, 3.63) is 129 Å². The van der Waals surface area contributed by atoms with Crippen LogP contribution in [0, 0.1) is 23.7 Å². The summed E-state index contributed by atoms with van der Waals surface area (Å²) in [5, 5.41) is 0.525. The van der Waals surface area contributed by atoms with Crippen LogP contribution in [0.4, 0.5) is 5.69 Å². The Labute approximate surface area is 280 Å². The standard InChI is InChI=1S/C37H27Cl2NO7/c38-24-11-14-27(30(39)18-24)37(45)47-26-12-9-21(10-13-26)31(41)19-46-36(44)22-7-4-8-25(15-22)40-34(42)32-23-16-28(20-5-2-1-3-6-20)29(17-23)33(32)35(40)43/h1-15,18,23,28-29,32-33H,16-17,19H2/t23-,28+,29+,32+,33+/m0/s1. The van der Waals surface area contributed by atoms with E-state index in [-0.39, 0.29) is 68.9 Å². The highest BCUT2D eigenvalue weighted by molar-refractivity contribution is 6.36. The third kappa shape index (κ3) is 5.72. The molecule has 2 amide bonds. The normalized spacial score (nSPS) is 22.7. The van der Waals surface area contributed by atoms with Crippen LogP contribution in [0.15, 0.2) is 97.1 Å². The summed E-state index contributed by atoms with van der Waals surface area (Å²) in [4.78, 5) is 66.7. The molecule has 2 saturated carbocycles. The number of fused-ring (bicyclic) bond motifs is 5. The van der Waals surface area contributed by atoms with Crippen LogP contribution in [0.2, 0.25) is 10.0 Å². The Morgan fingerprint density at radius 1 is 0.745 bits per heavy atom. The van der Waals surface area contributed by atoms with Gasteiger partial charge in [0, 0.05) is 10.6 Å². The lowest BCUT2D eigenvalue weighted by Crippen LogP contribution is -2.33. The van der Waals surface area contributed by atoms with E-state index < -0.39 is 24.3 Å². The van der Waals surface area contributed by atoms with Crippen molar-refractivity contribution in [2.45, 2.75) is 18.8 Å². The van der Waals surface area contributed by atoms with Gasteiger partial charge in [0.1, 0.15) is 5.75 Å². The Morgan fingerprint density at radius 2 is 1.49 bits per heavy atom. The number of ether oxygens (including phenoxy) is 2. The molecule has 1 saturated heterocycles. The third-order valence-corrected chi connectivity index (χ3v) is 10.0. The first-order valence-electron chi connectivity index (χ1n) is 15.2. The lowest BCUT2D eigenvalue weighted by molar-refractivity contribution is -0.123. The number of rotatable bonds is 8. The summed E-state index contributed by atoms with van der Waals surface area (Å²) >= 11 is 11.9. The number of ketones is 1. The van der Waals surface area contributed by atoms with Gasteiger partial charge in [-0.25, -0.2) is 9.59 Å². The maximum Gasteiger partial charge on any atom is 0.345 e. The fourth-order valence-electron chi connectivity index (χ4n) is 7.39. The average molecular weight is 669 g/mol. The zero-order valence-corrected chi connectivity index (χ0v) is 26.3. The molecule has 236 valence electrons. The molecule has 3 fully saturated rings. The van der Waals surface area contributed by atoms with E-state index in [4.69, 9.17) is 32.7 Å². The fourth-order valence-corrected chi connectivity index (χ4v) is 7.88. The molecule has 4 aromatic rings. The molecule has 0 radical (unpaired) electrons. The molecule has 7 rings (SSSR count). The zero-order chi connectivity index (χ0) is 32.8. The second-order valence-corrected chi connectivity index (χ2v) is 12.9. The summed E-state index contributed by atoms with van der Waals surface area (Å²) in [7, 11) is 0. The van der Waals surface area contributed by atoms with Crippen LogP contribution < -0.4 is 9.64 Å². The van der Waals surface area contributed by atoms with Crippen LogP contribution in [0.25, 0.3) is 0 Å². The molecule has 0 aromatic heterocycles. The first-order chi connectivity index (χ1) is 22.7. The molecule has 5 atom stereocenters. The maximum absolute atomic E-state index is 13.7. The van der Waals surface area contributed by atoms with E-state index in [9.17, 15) is 24.0 Å². The average Bonchev–Trinajstić information content (AvgIpc) is 3.75. The monoisotopic (exact) mass is 667 g/mol. The van der Waals surface area contributed by atoms with E-state index in [1.807, 2.05) is 18.2 Å². The smallest absolute Gasteiger partial charge is 0.345 e. The molecule has 1 heterocycles. The number of esters is 2. The molecule has 10 heteroatoms. The van der Waals surface area contributed by atoms with E-state index in [1.54, 1.807) is 12.1 Å². The molecule has 3 aliphatic rings. The number of anilines is 1. The van der Waals surface area contributed by atoms with Crippen molar-refractivity contribution >= 4 is 58.4 Å². The van der Waals surface area contributed by atoms with Crippen molar-refractivity contribution in [2.24, 2.45) is 23.7 Å². The van der Waals surface area contributed by atoms with Gasteiger partial charge >= 0.3 is 11.9 Å². The molecule has 4 aromatic carbocycles. The number of benzene rings is 4.